The fraction of sp³-hybridized carbons (Fsp3) is 0.269. The highest BCUT2D eigenvalue weighted by molar-refractivity contribution is 7.92. The van der Waals surface area contributed by atoms with E-state index in [9.17, 15) is 13.2 Å². The van der Waals surface area contributed by atoms with Gasteiger partial charge in [-0.25, -0.2) is 23.2 Å². The van der Waals surface area contributed by atoms with Gasteiger partial charge in [0.25, 0.3) is 0 Å². The molecule has 0 aliphatic carbocycles. The highest BCUT2D eigenvalue weighted by Gasteiger charge is 2.32. The molecule has 2 aromatic carbocycles. The van der Waals surface area contributed by atoms with Crippen molar-refractivity contribution in [3.8, 4) is 5.75 Å². The number of sulfone groups is 1. The number of carboxylic acid groups (broad SMARTS) is 1. The van der Waals surface area contributed by atoms with E-state index in [4.69, 9.17) is 9.84 Å². The molecule has 1 fully saturated rings. The van der Waals surface area contributed by atoms with Crippen molar-refractivity contribution in [3.05, 3.63) is 71.5 Å². The van der Waals surface area contributed by atoms with Gasteiger partial charge in [-0.3, -0.25) is 0 Å². The van der Waals surface area contributed by atoms with Crippen molar-refractivity contribution in [2.24, 2.45) is 0 Å². The second-order valence-corrected chi connectivity index (χ2v) is 10.7. The van der Waals surface area contributed by atoms with Crippen LogP contribution in [-0.4, -0.2) is 59.9 Å². The van der Waals surface area contributed by atoms with Crippen molar-refractivity contribution in [2.75, 3.05) is 25.5 Å². The summed E-state index contributed by atoms with van der Waals surface area (Å²) in [6, 6.07) is 14.2. The van der Waals surface area contributed by atoms with Crippen molar-refractivity contribution < 1.29 is 23.1 Å². The average molecular weight is 509 g/mol. The number of anilines is 2. The minimum Gasteiger partial charge on any atom is -0.497 e. The van der Waals surface area contributed by atoms with E-state index in [2.05, 4.69) is 15.3 Å². The first kappa shape index (κ1) is 25.2. The largest absolute Gasteiger partial charge is 0.497 e. The molecule has 36 heavy (non-hydrogen) atoms. The van der Waals surface area contributed by atoms with Crippen LogP contribution >= 0.6 is 0 Å². The minimum atomic E-state index is -3.54. The predicted octanol–water partition coefficient (Wildman–Crippen LogP) is 4.62. The number of piperidine rings is 1. The molecule has 2 N–H and O–H groups in total. The number of carbonyl (C=O) groups is 1. The van der Waals surface area contributed by atoms with Gasteiger partial charge in [0.2, 0.25) is 5.95 Å². The zero-order chi connectivity index (χ0) is 25.7. The van der Waals surface area contributed by atoms with Gasteiger partial charge < -0.3 is 20.1 Å². The fourth-order valence-corrected chi connectivity index (χ4v) is 5.77. The van der Waals surface area contributed by atoms with Gasteiger partial charge in [0.05, 0.1) is 22.9 Å². The Bertz CT molecular complexity index is 1370. The Labute approximate surface area is 210 Å². The van der Waals surface area contributed by atoms with E-state index in [-0.39, 0.29) is 18.0 Å². The molecular formula is C26H28N4O5S. The van der Waals surface area contributed by atoms with Gasteiger partial charge in [-0.1, -0.05) is 24.3 Å². The first-order chi connectivity index (χ1) is 17.3. The van der Waals surface area contributed by atoms with E-state index in [1.165, 1.54) is 4.90 Å². The topological polar surface area (TPSA) is 122 Å². The number of aryl methyl sites for hydroxylation is 1. The molecule has 0 spiro atoms. The molecule has 188 valence electrons. The summed E-state index contributed by atoms with van der Waals surface area (Å²) >= 11 is 0. The van der Waals surface area contributed by atoms with E-state index in [0.717, 1.165) is 22.6 Å². The Balaban J connectivity index is 1.41. The molecule has 0 unspecified atom stereocenters. The number of methoxy groups -OCH3 is 1. The summed E-state index contributed by atoms with van der Waals surface area (Å²) in [5.74, 6) is 1.19. The number of nitrogens with one attached hydrogen (secondary N) is 1. The number of ether oxygens (including phenoxy) is 1. The average Bonchev–Trinajstić information content (AvgIpc) is 2.88. The zero-order valence-corrected chi connectivity index (χ0v) is 20.9. The highest BCUT2D eigenvalue weighted by Crippen LogP contribution is 2.26. The van der Waals surface area contributed by atoms with Crippen molar-refractivity contribution in [1.29, 1.82) is 0 Å². The number of rotatable bonds is 7. The minimum absolute atomic E-state index is 0.219. The van der Waals surface area contributed by atoms with Gasteiger partial charge in [-0.15, -0.1) is 0 Å². The van der Waals surface area contributed by atoms with Crippen LogP contribution in [0.3, 0.4) is 0 Å². The Morgan fingerprint density at radius 2 is 1.86 bits per heavy atom. The summed E-state index contributed by atoms with van der Waals surface area (Å²) in [4.78, 5) is 21.4. The molecule has 0 radical (unpaired) electrons. The van der Waals surface area contributed by atoms with E-state index >= 15 is 0 Å². The summed E-state index contributed by atoms with van der Waals surface area (Å²) < 4.78 is 31.2. The number of hydrogen-bond donors (Lipinski definition) is 2. The van der Waals surface area contributed by atoms with Gasteiger partial charge in [0, 0.05) is 30.5 Å². The van der Waals surface area contributed by atoms with Crippen molar-refractivity contribution in [1.82, 2.24) is 14.9 Å². The number of nitrogens with zero attached hydrogens (tertiary/aromatic N) is 3. The molecule has 1 saturated heterocycles. The van der Waals surface area contributed by atoms with Gasteiger partial charge >= 0.3 is 6.09 Å². The quantitative estimate of drug-likeness (QED) is 0.474. The molecule has 0 atom stereocenters. The molecule has 1 aliphatic rings. The molecule has 2 heterocycles. The summed E-state index contributed by atoms with van der Waals surface area (Å²) in [7, 11) is -1.91. The molecule has 1 amide bonds. The molecule has 4 rings (SSSR count). The van der Waals surface area contributed by atoms with Gasteiger partial charge in [0.1, 0.15) is 5.75 Å². The van der Waals surface area contributed by atoms with Crippen LogP contribution in [0.4, 0.5) is 16.4 Å². The summed E-state index contributed by atoms with van der Waals surface area (Å²) in [5, 5.41) is 11.6. The summed E-state index contributed by atoms with van der Waals surface area (Å²) in [6.45, 7) is 2.34. The maximum Gasteiger partial charge on any atom is 0.407 e. The predicted molar refractivity (Wildman–Crippen MR) is 138 cm³/mol. The summed E-state index contributed by atoms with van der Waals surface area (Å²) in [5.41, 5.74) is 3.32. The fourth-order valence-electron chi connectivity index (χ4n) is 4.04. The lowest BCUT2D eigenvalue weighted by atomic mass is 10.1. The monoisotopic (exact) mass is 508 g/mol. The molecule has 10 heteroatoms. The van der Waals surface area contributed by atoms with E-state index in [0.29, 0.717) is 24.5 Å². The Hall–Kier alpha value is -3.92. The molecule has 3 aromatic rings. The Morgan fingerprint density at radius 1 is 1.14 bits per heavy atom. The molecule has 1 aliphatic heterocycles. The first-order valence-electron chi connectivity index (χ1n) is 11.5. The van der Waals surface area contributed by atoms with Gasteiger partial charge in [-0.05, 0) is 61.7 Å². The normalized spacial score (nSPS) is 14.7. The van der Waals surface area contributed by atoms with E-state index in [1.54, 1.807) is 37.6 Å². The molecular weight excluding hydrogens is 480 g/mol. The summed E-state index contributed by atoms with van der Waals surface area (Å²) in [6.07, 6.45) is 5.20. The second-order valence-electron chi connectivity index (χ2n) is 8.51. The van der Waals surface area contributed by atoms with Crippen LogP contribution in [0.25, 0.3) is 12.2 Å². The van der Waals surface area contributed by atoms with Crippen molar-refractivity contribution in [3.63, 3.8) is 0 Å². The van der Waals surface area contributed by atoms with Crippen LogP contribution in [0, 0.1) is 6.92 Å². The third-order valence-corrected chi connectivity index (χ3v) is 8.44. The van der Waals surface area contributed by atoms with E-state index in [1.807, 2.05) is 43.3 Å². The van der Waals surface area contributed by atoms with Crippen molar-refractivity contribution >= 4 is 39.7 Å². The molecule has 0 bridgehead atoms. The Kier molecular flexibility index (Phi) is 7.54. The van der Waals surface area contributed by atoms with Crippen molar-refractivity contribution in [2.45, 2.75) is 29.9 Å². The van der Waals surface area contributed by atoms with E-state index < -0.39 is 21.2 Å². The van der Waals surface area contributed by atoms with Crippen LogP contribution in [0.5, 0.6) is 5.75 Å². The van der Waals surface area contributed by atoms with Gasteiger partial charge in [-0.2, -0.15) is 0 Å². The SMILES string of the molecule is COc1cccc(C=Cc2cnc(Nc3ccc(S(=O)(=O)C4CCN(C(=O)O)CC4)cc3)nc2C)c1. The van der Waals surface area contributed by atoms with Crippen LogP contribution < -0.4 is 10.1 Å². The van der Waals surface area contributed by atoms with Crippen LogP contribution in [0.2, 0.25) is 0 Å². The third-order valence-electron chi connectivity index (χ3n) is 6.16. The Morgan fingerprint density at radius 3 is 2.50 bits per heavy atom. The lowest BCUT2D eigenvalue weighted by Crippen LogP contribution is -2.41. The molecule has 0 saturated carbocycles. The molecule has 1 aromatic heterocycles. The second kappa shape index (κ2) is 10.8. The van der Waals surface area contributed by atoms with Crippen LogP contribution in [-0.2, 0) is 9.84 Å². The first-order valence-corrected chi connectivity index (χ1v) is 13.1. The third kappa shape index (κ3) is 5.83. The number of benzene rings is 2. The lowest BCUT2D eigenvalue weighted by molar-refractivity contribution is 0.136. The standard InChI is InChI=1S/C26H28N4O5S/c1-18-20(7-6-19-4-3-5-22(16-19)35-2)17-27-25(28-18)29-21-8-10-23(11-9-21)36(33,34)24-12-14-30(15-13-24)26(31)32/h3-11,16-17,24H,12-15H2,1-2H3,(H,31,32)(H,27,28,29). The zero-order valence-electron chi connectivity index (χ0n) is 20.1. The molecule has 9 nitrogen and oxygen atoms in total. The number of likely N-dealkylation sites (tertiary alicyclic amines) is 1. The smallest absolute Gasteiger partial charge is 0.407 e. The highest BCUT2D eigenvalue weighted by atomic mass is 32.2. The maximum absolute atomic E-state index is 13.0. The maximum atomic E-state index is 13.0. The number of hydrogen-bond acceptors (Lipinski definition) is 7. The lowest BCUT2D eigenvalue weighted by Gasteiger charge is -2.29. The van der Waals surface area contributed by atoms with Crippen LogP contribution in [0.15, 0.2) is 59.6 Å². The van der Waals surface area contributed by atoms with Gasteiger partial charge in [0.15, 0.2) is 9.84 Å². The van der Waals surface area contributed by atoms with Crippen LogP contribution in [0.1, 0.15) is 29.7 Å². The number of amides is 1. The number of aromatic nitrogens is 2.